The summed E-state index contributed by atoms with van der Waals surface area (Å²) in [5, 5.41) is 7.40. The molecule has 134 valence electrons. The van der Waals surface area contributed by atoms with Crippen molar-refractivity contribution in [2.45, 2.75) is 6.54 Å². The number of thiophene rings is 1. The maximum absolute atomic E-state index is 12.5. The molecule has 0 aliphatic carbocycles. The Kier molecular flexibility index (Phi) is 4.44. The van der Waals surface area contributed by atoms with Crippen molar-refractivity contribution < 1.29 is 9.53 Å². The van der Waals surface area contributed by atoms with E-state index in [4.69, 9.17) is 4.74 Å². The smallest absolute Gasteiger partial charge is 0.255 e. The van der Waals surface area contributed by atoms with E-state index >= 15 is 0 Å². The summed E-state index contributed by atoms with van der Waals surface area (Å²) in [7, 11) is 3.52. The molecule has 0 atom stereocenters. The molecule has 0 bridgehead atoms. The van der Waals surface area contributed by atoms with Gasteiger partial charge in [0.05, 0.1) is 24.9 Å². The Morgan fingerprint density at radius 1 is 1.31 bits per heavy atom. The van der Waals surface area contributed by atoms with Gasteiger partial charge in [-0.05, 0) is 23.8 Å². The fourth-order valence-electron chi connectivity index (χ4n) is 2.95. The van der Waals surface area contributed by atoms with Gasteiger partial charge in [0, 0.05) is 42.7 Å². The molecular weight excluding hydrogens is 350 g/mol. The predicted molar refractivity (Wildman–Crippen MR) is 101 cm³/mol. The Labute approximate surface area is 155 Å². The number of carbonyl (C=O) groups excluding carboxylic acids is 1. The van der Waals surface area contributed by atoms with Crippen LogP contribution in [0.4, 0.5) is 11.6 Å². The molecule has 26 heavy (non-hydrogen) atoms. The Balaban J connectivity index is 1.55. The van der Waals surface area contributed by atoms with E-state index in [0.29, 0.717) is 19.7 Å². The Morgan fingerprint density at radius 3 is 2.92 bits per heavy atom. The molecule has 0 radical (unpaired) electrons. The molecule has 0 spiro atoms. The quantitative estimate of drug-likeness (QED) is 0.723. The van der Waals surface area contributed by atoms with Crippen LogP contribution in [0.25, 0.3) is 10.4 Å². The topological polar surface area (TPSA) is 72.3 Å². The fraction of sp³-hybridized carbons (Fsp3) is 0.278. The number of anilines is 2. The molecule has 1 N–H and O–H groups in total. The summed E-state index contributed by atoms with van der Waals surface area (Å²) in [4.78, 5) is 20.9. The van der Waals surface area contributed by atoms with Gasteiger partial charge in [0.1, 0.15) is 11.6 Å². The van der Waals surface area contributed by atoms with Crippen molar-refractivity contribution in [3.8, 4) is 10.4 Å². The maximum atomic E-state index is 12.5. The number of aryl methyl sites for hydroxylation is 1. The molecule has 0 saturated heterocycles. The average molecular weight is 369 g/mol. The molecule has 0 unspecified atom stereocenters. The van der Waals surface area contributed by atoms with Crippen molar-refractivity contribution in [3.05, 3.63) is 47.1 Å². The van der Waals surface area contributed by atoms with Crippen LogP contribution in [-0.2, 0) is 18.3 Å². The largest absolute Gasteiger partial charge is 0.383 e. The zero-order valence-corrected chi connectivity index (χ0v) is 15.4. The first-order chi connectivity index (χ1) is 12.7. The average Bonchev–Trinajstić information content (AvgIpc) is 3.31. The van der Waals surface area contributed by atoms with Crippen molar-refractivity contribution in [1.82, 2.24) is 19.7 Å². The van der Waals surface area contributed by atoms with E-state index in [9.17, 15) is 4.79 Å². The van der Waals surface area contributed by atoms with E-state index < -0.39 is 0 Å². The third-order valence-corrected chi connectivity index (χ3v) is 5.52. The lowest BCUT2D eigenvalue weighted by atomic mass is 10.2. The molecule has 3 aromatic rings. The van der Waals surface area contributed by atoms with Crippen LogP contribution in [0.15, 0.2) is 36.7 Å². The van der Waals surface area contributed by atoms with Gasteiger partial charge in [-0.25, -0.2) is 4.98 Å². The summed E-state index contributed by atoms with van der Waals surface area (Å²) in [5.41, 5.74) is 1.85. The number of methoxy groups -OCH3 is 1. The number of pyridine rings is 1. The third-order valence-electron chi connectivity index (χ3n) is 4.35. The first-order valence-corrected chi connectivity index (χ1v) is 9.09. The highest BCUT2D eigenvalue weighted by Gasteiger charge is 2.29. The number of amides is 1. The molecule has 0 fully saturated rings. The van der Waals surface area contributed by atoms with E-state index in [1.807, 2.05) is 36.2 Å². The highest BCUT2D eigenvalue weighted by atomic mass is 32.1. The highest BCUT2D eigenvalue weighted by Crippen LogP contribution is 2.37. The van der Waals surface area contributed by atoms with Gasteiger partial charge in [0.15, 0.2) is 0 Å². The summed E-state index contributed by atoms with van der Waals surface area (Å²) < 4.78 is 6.83. The SMILES string of the molecule is COCCN1Cc2sc(-c3ccnc(Nc4ccnn4C)c3)cc2C1=O. The van der Waals surface area contributed by atoms with Crippen molar-refractivity contribution in [3.63, 3.8) is 0 Å². The van der Waals surface area contributed by atoms with E-state index in [1.165, 1.54) is 0 Å². The van der Waals surface area contributed by atoms with Gasteiger partial charge in [-0.2, -0.15) is 5.10 Å². The molecule has 7 nitrogen and oxygen atoms in total. The van der Waals surface area contributed by atoms with Crippen molar-refractivity contribution in [2.24, 2.45) is 7.05 Å². The van der Waals surface area contributed by atoms with E-state index in [-0.39, 0.29) is 5.91 Å². The van der Waals surface area contributed by atoms with Crippen molar-refractivity contribution >= 4 is 28.9 Å². The molecule has 0 saturated carbocycles. The normalized spacial score (nSPS) is 13.3. The Bertz CT molecular complexity index is 949. The minimum Gasteiger partial charge on any atom is -0.383 e. The lowest BCUT2D eigenvalue weighted by molar-refractivity contribution is 0.0719. The lowest BCUT2D eigenvalue weighted by Gasteiger charge is -2.14. The van der Waals surface area contributed by atoms with Crippen LogP contribution in [0.2, 0.25) is 0 Å². The zero-order valence-electron chi connectivity index (χ0n) is 14.6. The highest BCUT2D eigenvalue weighted by molar-refractivity contribution is 7.16. The number of hydrogen-bond donors (Lipinski definition) is 1. The van der Waals surface area contributed by atoms with Gasteiger partial charge in [0.2, 0.25) is 0 Å². The summed E-state index contributed by atoms with van der Waals surface area (Å²) in [6.45, 7) is 1.84. The molecule has 0 aromatic carbocycles. The summed E-state index contributed by atoms with van der Waals surface area (Å²) >= 11 is 1.66. The molecule has 1 aliphatic rings. The lowest BCUT2D eigenvalue weighted by Crippen LogP contribution is -2.27. The van der Waals surface area contributed by atoms with Gasteiger partial charge in [-0.3, -0.25) is 9.48 Å². The van der Waals surface area contributed by atoms with Crippen LogP contribution >= 0.6 is 11.3 Å². The van der Waals surface area contributed by atoms with Gasteiger partial charge in [0.25, 0.3) is 5.91 Å². The summed E-state index contributed by atoms with van der Waals surface area (Å²) in [6.07, 6.45) is 3.50. The second kappa shape index (κ2) is 6.89. The van der Waals surface area contributed by atoms with Crippen LogP contribution < -0.4 is 5.32 Å². The fourth-order valence-corrected chi connectivity index (χ4v) is 4.11. The summed E-state index contributed by atoms with van der Waals surface area (Å²) in [5.74, 6) is 1.70. The van der Waals surface area contributed by atoms with Crippen LogP contribution in [0, 0.1) is 0 Å². The molecule has 1 aliphatic heterocycles. The molecule has 4 heterocycles. The first kappa shape index (κ1) is 16.7. The van der Waals surface area contributed by atoms with Crippen LogP contribution in [0.3, 0.4) is 0 Å². The second-order valence-electron chi connectivity index (χ2n) is 6.06. The van der Waals surface area contributed by atoms with Crippen LogP contribution in [0.5, 0.6) is 0 Å². The Hall–Kier alpha value is -2.71. The van der Waals surface area contributed by atoms with Gasteiger partial charge < -0.3 is 15.0 Å². The molecule has 3 aromatic heterocycles. The number of fused-ring (bicyclic) bond motifs is 1. The molecule has 1 amide bonds. The Morgan fingerprint density at radius 2 is 2.19 bits per heavy atom. The van der Waals surface area contributed by atoms with Gasteiger partial charge >= 0.3 is 0 Å². The van der Waals surface area contributed by atoms with Crippen molar-refractivity contribution in [1.29, 1.82) is 0 Å². The third kappa shape index (κ3) is 3.09. The number of aromatic nitrogens is 3. The monoisotopic (exact) mass is 369 g/mol. The van der Waals surface area contributed by atoms with Crippen LogP contribution in [0.1, 0.15) is 15.2 Å². The van der Waals surface area contributed by atoms with E-state index in [1.54, 1.807) is 35.5 Å². The number of nitrogens with zero attached hydrogens (tertiary/aromatic N) is 4. The van der Waals surface area contributed by atoms with Crippen LogP contribution in [-0.4, -0.2) is 45.8 Å². The number of rotatable bonds is 6. The number of ether oxygens (including phenoxy) is 1. The second-order valence-corrected chi connectivity index (χ2v) is 7.20. The minimum absolute atomic E-state index is 0.0850. The van der Waals surface area contributed by atoms with Crippen molar-refractivity contribution in [2.75, 3.05) is 25.6 Å². The van der Waals surface area contributed by atoms with Gasteiger partial charge in [-0.1, -0.05) is 0 Å². The minimum atomic E-state index is 0.0850. The zero-order chi connectivity index (χ0) is 18.1. The van der Waals surface area contributed by atoms with E-state index in [2.05, 4.69) is 15.4 Å². The summed E-state index contributed by atoms with van der Waals surface area (Å²) in [6, 6.07) is 7.82. The maximum Gasteiger partial charge on any atom is 0.255 e. The molecule has 4 rings (SSSR count). The van der Waals surface area contributed by atoms with Gasteiger partial charge in [-0.15, -0.1) is 11.3 Å². The number of carbonyl (C=O) groups is 1. The predicted octanol–water partition coefficient (Wildman–Crippen LogP) is 2.89. The molecule has 8 heteroatoms. The number of nitrogens with one attached hydrogen (secondary N) is 1. The standard InChI is InChI=1S/C18H19N5O2S/c1-22-17(4-6-20-22)21-16-9-12(3-5-19-16)14-10-13-15(26-14)11-23(18(13)24)7-8-25-2/h3-6,9-10H,7-8,11H2,1-2H3,(H,19,21). The molecular formula is C18H19N5O2S. The number of hydrogen-bond acceptors (Lipinski definition) is 6. The first-order valence-electron chi connectivity index (χ1n) is 8.28. The van der Waals surface area contributed by atoms with E-state index in [0.717, 1.165) is 32.5 Å².